The smallest absolute Gasteiger partial charge is 0.270 e. The lowest BCUT2D eigenvalue weighted by atomic mass is 10.1. The van der Waals surface area contributed by atoms with E-state index in [0.29, 0.717) is 16.2 Å². The number of nitrogens with one attached hydrogen (secondary N) is 2. The summed E-state index contributed by atoms with van der Waals surface area (Å²) < 4.78 is 14.5. The molecular weight excluding hydrogens is 443 g/mol. The number of thiophene rings is 1. The number of carbonyl (C=O) groups excluding carboxylic acids is 2. The van der Waals surface area contributed by atoms with Crippen LogP contribution < -0.4 is 16.4 Å². The molecule has 10 heteroatoms. The van der Waals surface area contributed by atoms with Crippen molar-refractivity contribution in [3.8, 4) is 11.1 Å². The molecule has 0 spiro atoms. The summed E-state index contributed by atoms with van der Waals surface area (Å²) in [7, 11) is 0. The molecule has 0 saturated carbocycles. The molecule has 170 valence electrons. The Morgan fingerprint density at radius 3 is 2.64 bits per heavy atom. The fourth-order valence-corrected chi connectivity index (χ4v) is 4.04. The van der Waals surface area contributed by atoms with Gasteiger partial charge in [0.15, 0.2) is 5.65 Å². The molecule has 33 heavy (non-hydrogen) atoms. The number of carbonyl (C=O) groups is 2. The molecule has 3 heterocycles. The number of nitrogen functional groups attached to an aromatic ring is 1. The van der Waals surface area contributed by atoms with Gasteiger partial charge in [0.2, 0.25) is 5.95 Å². The summed E-state index contributed by atoms with van der Waals surface area (Å²) in [6, 6.07) is 11.2. The van der Waals surface area contributed by atoms with Gasteiger partial charge in [-0.1, -0.05) is 19.1 Å². The maximum atomic E-state index is 13.0. The van der Waals surface area contributed by atoms with Gasteiger partial charge in [-0.15, -0.1) is 16.4 Å². The quantitative estimate of drug-likeness (QED) is 0.385. The molecule has 4 N–H and O–H groups in total. The molecule has 4 aromatic rings. The van der Waals surface area contributed by atoms with Gasteiger partial charge < -0.3 is 16.4 Å². The Morgan fingerprint density at radius 2 is 1.91 bits per heavy atom. The van der Waals surface area contributed by atoms with Crippen molar-refractivity contribution < 1.29 is 14.0 Å². The topological polar surface area (TPSA) is 114 Å². The minimum atomic E-state index is -0.323. The van der Waals surface area contributed by atoms with E-state index in [9.17, 15) is 14.0 Å². The number of aromatic nitrogens is 3. The monoisotopic (exact) mass is 466 g/mol. The number of hydrogen-bond donors (Lipinski definition) is 3. The lowest BCUT2D eigenvalue weighted by Gasteiger charge is -2.12. The average Bonchev–Trinajstić information content (AvgIpc) is 3.43. The molecule has 0 aliphatic rings. The number of nitrogens with two attached hydrogens (primary N) is 1. The summed E-state index contributed by atoms with van der Waals surface area (Å²) >= 11 is 1.29. The van der Waals surface area contributed by atoms with Crippen molar-refractivity contribution in [1.29, 1.82) is 0 Å². The van der Waals surface area contributed by atoms with Gasteiger partial charge in [0.1, 0.15) is 11.5 Å². The van der Waals surface area contributed by atoms with Crippen LogP contribution in [0, 0.1) is 5.82 Å². The van der Waals surface area contributed by atoms with Gasteiger partial charge in [0, 0.05) is 12.6 Å². The van der Waals surface area contributed by atoms with Crippen LogP contribution in [0.25, 0.3) is 16.8 Å². The average molecular weight is 467 g/mol. The Kier molecular flexibility index (Phi) is 6.36. The minimum absolute atomic E-state index is 0.00497. The number of nitrogens with zero attached hydrogens (tertiary/aromatic N) is 3. The van der Waals surface area contributed by atoms with Crippen LogP contribution in [0.3, 0.4) is 0 Å². The van der Waals surface area contributed by atoms with Gasteiger partial charge in [-0.2, -0.15) is 4.98 Å². The molecule has 4 rings (SSSR count). The molecule has 0 unspecified atom stereocenters. The van der Waals surface area contributed by atoms with Crippen molar-refractivity contribution in [2.24, 2.45) is 0 Å². The predicted octanol–water partition coefficient (Wildman–Crippen LogP) is 3.64. The third-order valence-corrected chi connectivity index (χ3v) is 6.13. The molecule has 0 fully saturated rings. The van der Waals surface area contributed by atoms with Gasteiger partial charge in [0.05, 0.1) is 4.88 Å². The van der Waals surface area contributed by atoms with E-state index in [0.717, 1.165) is 23.1 Å². The lowest BCUT2D eigenvalue weighted by molar-refractivity contribution is 0.0929. The number of amides is 2. The van der Waals surface area contributed by atoms with Gasteiger partial charge in [0.25, 0.3) is 11.8 Å². The number of pyridine rings is 1. The highest BCUT2D eigenvalue weighted by Crippen LogP contribution is 2.28. The first-order valence-electron chi connectivity index (χ1n) is 10.4. The minimum Gasteiger partial charge on any atom is -0.366 e. The Labute approximate surface area is 193 Å². The van der Waals surface area contributed by atoms with Crippen molar-refractivity contribution in [2.45, 2.75) is 32.9 Å². The number of benzene rings is 1. The van der Waals surface area contributed by atoms with Crippen LogP contribution in [0.4, 0.5) is 10.3 Å². The van der Waals surface area contributed by atoms with Crippen LogP contribution in [0.5, 0.6) is 0 Å². The van der Waals surface area contributed by atoms with Gasteiger partial charge >= 0.3 is 0 Å². The van der Waals surface area contributed by atoms with Crippen LogP contribution in [-0.2, 0) is 6.54 Å². The van der Waals surface area contributed by atoms with E-state index in [1.807, 2.05) is 19.2 Å². The summed E-state index contributed by atoms with van der Waals surface area (Å²) in [6.45, 7) is 4.19. The summed E-state index contributed by atoms with van der Waals surface area (Å²) in [6.07, 6.45) is 0.787. The van der Waals surface area contributed by atoms with Crippen LogP contribution >= 0.6 is 11.3 Å². The number of hydrogen-bond acceptors (Lipinski definition) is 6. The van der Waals surface area contributed by atoms with Crippen LogP contribution in [0.2, 0.25) is 0 Å². The van der Waals surface area contributed by atoms with Crippen LogP contribution in [0.1, 0.15) is 46.0 Å². The van der Waals surface area contributed by atoms with Crippen molar-refractivity contribution in [3.05, 3.63) is 69.8 Å². The Morgan fingerprint density at radius 1 is 1.15 bits per heavy atom. The first-order valence-corrected chi connectivity index (χ1v) is 11.3. The maximum absolute atomic E-state index is 13.0. The van der Waals surface area contributed by atoms with Crippen molar-refractivity contribution in [3.63, 3.8) is 0 Å². The number of fused-ring (bicyclic) bond motifs is 1. The third-order valence-electron chi connectivity index (χ3n) is 5.20. The molecule has 1 aromatic carbocycles. The lowest BCUT2D eigenvalue weighted by Crippen LogP contribution is -2.33. The molecule has 0 saturated heterocycles. The first kappa shape index (κ1) is 22.4. The number of halogens is 1. The Hall–Kier alpha value is -3.79. The highest BCUT2D eigenvalue weighted by Gasteiger charge is 2.18. The van der Waals surface area contributed by atoms with E-state index in [2.05, 4.69) is 20.7 Å². The highest BCUT2D eigenvalue weighted by molar-refractivity contribution is 7.12. The second kappa shape index (κ2) is 9.37. The normalized spacial score (nSPS) is 12.0. The molecule has 2 amide bonds. The molecule has 1 atom stereocenters. The Balaban J connectivity index is 1.58. The third kappa shape index (κ3) is 5.01. The van der Waals surface area contributed by atoms with Crippen molar-refractivity contribution in [1.82, 2.24) is 25.2 Å². The Bertz CT molecular complexity index is 1310. The first-order chi connectivity index (χ1) is 15.8. The predicted molar refractivity (Wildman–Crippen MR) is 126 cm³/mol. The summed E-state index contributed by atoms with van der Waals surface area (Å²) in [5, 5.41) is 11.7. The summed E-state index contributed by atoms with van der Waals surface area (Å²) in [5.74, 6) is -0.779. The zero-order valence-electron chi connectivity index (χ0n) is 18.1. The maximum Gasteiger partial charge on any atom is 0.270 e. The second-order valence-corrected chi connectivity index (χ2v) is 8.57. The number of anilines is 1. The van der Waals surface area contributed by atoms with Crippen molar-refractivity contribution in [2.75, 3.05) is 5.73 Å². The fraction of sp³-hybridized carbons (Fsp3) is 0.217. The van der Waals surface area contributed by atoms with E-state index in [1.54, 1.807) is 30.3 Å². The van der Waals surface area contributed by atoms with E-state index in [-0.39, 0.29) is 36.2 Å². The van der Waals surface area contributed by atoms with E-state index < -0.39 is 0 Å². The largest absolute Gasteiger partial charge is 0.366 e. The molecule has 3 aromatic heterocycles. The van der Waals surface area contributed by atoms with E-state index in [4.69, 9.17) is 5.73 Å². The summed E-state index contributed by atoms with van der Waals surface area (Å²) in [5.41, 5.74) is 8.80. The van der Waals surface area contributed by atoms with Gasteiger partial charge in [-0.05, 0) is 65.7 Å². The highest BCUT2D eigenvalue weighted by atomic mass is 32.1. The standard InChI is InChI=1S/C23H23FN6O2S/c1-3-13(2)27-21(31)18-8-15(10-20-28-23(25)29-30(18)20)16-9-19(33-12-16)22(32)26-11-14-4-6-17(24)7-5-14/h4-10,12-13H,3,11H2,1-2H3,(H2,25,29)(H,26,32)(H,27,31)/t13-/m0/s1. The fourth-order valence-electron chi connectivity index (χ4n) is 3.21. The SMILES string of the molecule is CC[C@H](C)NC(=O)c1cc(-c2csc(C(=O)NCc3ccc(F)cc3)c2)cc2nc(N)nn12. The molecule has 0 aliphatic carbocycles. The zero-order chi connectivity index (χ0) is 23.5. The molecule has 0 bridgehead atoms. The molecule has 0 radical (unpaired) electrons. The van der Waals surface area contributed by atoms with E-state index >= 15 is 0 Å². The second-order valence-electron chi connectivity index (χ2n) is 7.66. The van der Waals surface area contributed by atoms with E-state index in [1.165, 1.54) is 28.0 Å². The summed E-state index contributed by atoms with van der Waals surface area (Å²) in [4.78, 5) is 30.2. The van der Waals surface area contributed by atoms with Crippen molar-refractivity contribution >= 4 is 34.7 Å². The molecule has 8 nitrogen and oxygen atoms in total. The zero-order valence-corrected chi connectivity index (χ0v) is 18.9. The van der Waals surface area contributed by atoms with Crippen LogP contribution in [-0.4, -0.2) is 32.5 Å². The van der Waals surface area contributed by atoms with Crippen LogP contribution in [0.15, 0.2) is 47.8 Å². The van der Waals surface area contributed by atoms with Gasteiger partial charge in [-0.25, -0.2) is 8.91 Å². The molecule has 0 aliphatic heterocycles. The van der Waals surface area contributed by atoms with Gasteiger partial charge in [-0.3, -0.25) is 9.59 Å². The molecular formula is C23H23FN6O2S. The number of rotatable bonds is 7.